The molecule has 1 heterocycles. The van der Waals surface area contributed by atoms with Crippen LogP contribution >= 0.6 is 0 Å². The number of nitrogens with one attached hydrogen (secondary N) is 5. The number of hydrogen-bond acceptors (Lipinski definition) is 7. The largest absolute Gasteiger partial charge is 0.370 e. The molecule has 5 amide bonds. The van der Waals surface area contributed by atoms with Gasteiger partial charge in [0.2, 0.25) is 29.5 Å². The van der Waals surface area contributed by atoms with E-state index in [1.54, 1.807) is 6.20 Å². The van der Waals surface area contributed by atoms with Crippen LogP contribution in [0.15, 0.2) is 59.7 Å². The predicted molar refractivity (Wildman–Crippen MR) is 185 cm³/mol. The fraction of sp³-hybridized carbons (Fsp3) is 0.412. The Morgan fingerprint density at radius 3 is 2.28 bits per heavy atom. The van der Waals surface area contributed by atoms with Gasteiger partial charge >= 0.3 is 0 Å². The van der Waals surface area contributed by atoms with Crippen molar-refractivity contribution in [3.8, 4) is 0 Å². The molecule has 13 N–H and O–H groups in total. The molecule has 2 aromatic carbocycles. The summed E-state index contributed by atoms with van der Waals surface area (Å²) in [5.41, 5.74) is 23.6. The Morgan fingerprint density at radius 2 is 1.60 bits per heavy atom. The van der Waals surface area contributed by atoms with Gasteiger partial charge in [0.15, 0.2) is 5.96 Å². The number of benzene rings is 2. The molecule has 16 heteroatoms. The van der Waals surface area contributed by atoms with Gasteiger partial charge < -0.3 is 49.2 Å². The predicted octanol–water partition coefficient (Wildman–Crippen LogP) is -0.527. The number of fused-ring (bicyclic) bond motifs is 1. The second-order valence-corrected chi connectivity index (χ2v) is 12.5. The van der Waals surface area contributed by atoms with E-state index in [9.17, 15) is 28.4 Å². The summed E-state index contributed by atoms with van der Waals surface area (Å²) in [6.45, 7) is -0.326. The van der Waals surface area contributed by atoms with Crippen molar-refractivity contribution in [1.82, 2.24) is 26.3 Å². The Hall–Kier alpha value is -5.51. The first kappa shape index (κ1) is 37.3. The Balaban J connectivity index is 1.39. The first-order chi connectivity index (χ1) is 23.9. The highest BCUT2D eigenvalue weighted by molar-refractivity contribution is 5.97. The number of nitrogens with two attached hydrogens (primary N) is 4. The van der Waals surface area contributed by atoms with Crippen molar-refractivity contribution in [3.63, 3.8) is 0 Å². The molecule has 1 aromatic heterocycles. The van der Waals surface area contributed by atoms with Crippen molar-refractivity contribution >= 4 is 46.4 Å². The molecule has 15 nitrogen and oxygen atoms in total. The molecule has 1 fully saturated rings. The van der Waals surface area contributed by atoms with E-state index in [0.29, 0.717) is 37.7 Å². The van der Waals surface area contributed by atoms with E-state index >= 15 is 0 Å². The van der Waals surface area contributed by atoms with E-state index in [1.165, 1.54) is 24.3 Å². The van der Waals surface area contributed by atoms with E-state index in [1.807, 2.05) is 24.3 Å². The summed E-state index contributed by atoms with van der Waals surface area (Å²) >= 11 is 0. The summed E-state index contributed by atoms with van der Waals surface area (Å²) in [4.78, 5) is 72.5. The maximum atomic E-state index is 13.8. The van der Waals surface area contributed by atoms with Gasteiger partial charge in [-0.1, -0.05) is 43.2 Å². The Kier molecular flexibility index (Phi) is 12.9. The van der Waals surface area contributed by atoms with Crippen molar-refractivity contribution in [2.75, 3.05) is 13.1 Å². The summed E-state index contributed by atoms with van der Waals surface area (Å²) in [7, 11) is 0. The van der Waals surface area contributed by atoms with Gasteiger partial charge in [0.25, 0.3) is 0 Å². The van der Waals surface area contributed by atoms with Crippen LogP contribution in [0, 0.1) is 5.82 Å². The first-order valence-corrected chi connectivity index (χ1v) is 16.5. The standard InChI is InChI=1S/C34H45FN10O5/c35-22-11-9-20(10-12-22)16-24(36)30(48)45-34(13-3-4-14-34)32(50)44-26(8-5-15-40-33(38)39)31(49)42-19-28(46)43-27(29(37)47)17-21-18-41-25-7-2-1-6-23(21)25/h1-2,6-7,9-12,18,24,26-27,41H,3-5,8,13-17,19,36H2,(H2,37,47)(H,42,49)(H,43,46)(H,44,50)(H,45,48)(H4,38,39,40)/t24-,26-,27-/m0/s1. The molecule has 1 aliphatic rings. The number of carbonyl (C=O) groups is 5. The van der Waals surface area contributed by atoms with Crippen LogP contribution in [0.2, 0.25) is 0 Å². The van der Waals surface area contributed by atoms with Crippen LogP contribution in [0.4, 0.5) is 4.39 Å². The zero-order valence-corrected chi connectivity index (χ0v) is 27.7. The first-order valence-electron chi connectivity index (χ1n) is 16.5. The molecular formula is C34H45FN10O5. The van der Waals surface area contributed by atoms with Crippen LogP contribution in [0.3, 0.4) is 0 Å². The minimum absolute atomic E-state index is 0.106. The number of aromatic nitrogens is 1. The number of primary amides is 1. The van der Waals surface area contributed by atoms with Gasteiger partial charge in [-0.3, -0.25) is 29.0 Å². The minimum Gasteiger partial charge on any atom is -0.370 e. The van der Waals surface area contributed by atoms with E-state index in [4.69, 9.17) is 22.9 Å². The lowest BCUT2D eigenvalue weighted by Crippen LogP contribution is -2.63. The SMILES string of the molecule is NC(=O)[C@H](Cc1c[nH]c2ccccc12)NC(=O)CNC(=O)[C@H](CCCN=C(N)N)NC(=O)C1(NC(=O)[C@@H](N)Cc2ccc(F)cc2)CCCC1. The molecule has 1 saturated carbocycles. The second kappa shape index (κ2) is 17.2. The Labute approximate surface area is 288 Å². The highest BCUT2D eigenvalue weighted by Gasteiger charge is 2.44. The normalized spacial score (nSPS) is 15.3. The lowest BCUT2D eigenvalue weighted by molar-refractivity contribution is -0.136. The summed E-state index contributed by atoms with van der Waals surface area (Å²) in [6, 6.07) is 9.92. The lowest BCUT2D eigenvalue weighted by Gasteiger charge is -2.32. The van der Waals surface area contributed by atoms with Crippen molar-refractivity contribution in [2.24, 2.45) is 27.9 Å². The number of aliphatic imine (C=N–C) groups is 1. The zero-order chi connectivity index (χ0) is 36.3. The topological polar surface area (TPSA) is 266 Å². The fourth-order valence-corrected chi connectivity index (χ4v) is 6.03. The van der Waals surface area contributed by atoms with Crippen molar-refractivity contribution < 1.29 is 28.4 Å². The van der Waals surface area contributed by atoms with Crippen LogP contribution in [-0.4, -0.2) is 77.2 Å². The maximum Gasteiger partial charge on any atom is 0.246 e. The molecular weight excluding hydrogens is 647 g/mol. The number of hydrogen-bond donors (Lipinski definition) is 9. The third kappa shape index (κ3) is 10.2. The summed E-state index contributed by atoms with van der Waals surface area (Å²) < 4.78 is 13.3. The number of aromatic amines is 1. The van der Waals surface area contributed by atoms with Crippen LogP contribution < -0.4 is 44.2 Å². The van der Waals surface area contributed by atoms with Gasteiger partial charge in [-0.25, -0.2) is 4.39 Å². The van der Waals surface area contributed by atoms with Gasteiger partial charge in [-0.2, -0.15) is 0 Å². The summed E-state index contributed by atoms with van der Waals surface area (Å²) in [6.07, 6.45) is 4.36. The molecule has 0 aliphatic heterocycles. The molecule has 3 atom stereocenters. The molecule has 1 aliphatic carbocycles. The number of halogens is 1. The number of amides is 5. The molecule has 4 rings (SSSR count). The van der Waals surface area contributed by atoms with Crippen LogP contribution in [-0.2, 0) is 36.8 Å². The van der Waals surface area contributed by atoms with Gasteiger partial charge in [-0.05, 0) is 61.4 Å². The average Bonchev–Trinajstić information content (AvgIpc) is 3.73. The number of rotatable bonds is 17. The van der Waals surface area contributed by atoms with E-state index in [0.717, 1.165) is 16.5 Å². The molecule has 268 valence electrons. The second-order valence-electron chi connectivity index (χ2n) is 12.5. The van der Waals surface area contributed by atoms with E-state index < -0.39 is 65.6 Å². The molecule has 0 saturated heterocycles. The number of nitrogens with zero attached hydrogens (tertiary/aromatic N) is 1. The number of H-pyrrole nitrogens is 1. The third-order valence-electron chi connectivity index (χ3n) is 8.73. The van der Waals surface area contributed by atoms with Gasteiger partial charge in [-0.15, -0.1) is 0 Å². The highest BCUT2D eigenvalue weighted by atomic mass is 19.1. The van der Waals surface area contributed by atoms with Gasteiger partial charge in [0.1, 0.15) is 23.4 Å². The Morgan fingerprint density at radius 1 is 0.900 bits per heavy atom. The van der Waals surface area contributed by atoms with Gasteiger partial charge in [0, 0.05) is 30.1 Å². The Bertz CT molecular complexity index is 1700. The molecule has 50 heavy (non-hydrogen) atoms. The quantitative estimate of drug-likeness (QED) is 0.0503. The van der Waals surface area contributed by atoms with Crippen molar-refractivity contribution in [3.05, 3.63) is 71.7 Å². The smallest absolute Gasteiger partial charge is 0.246 e. The molecule has 0 bridgehead atoms. The molecule has 0 radical (unpaired) electrons. The third-order valence-corrected chi connectivity index (χ3v) is 8.73. The zero-order valence-electron chi connectivity index (χ0n) is 27.7. The van der Waals surface area contributed by atoms with Crippen molar-refractivity contribution in [2.45, 2.75) is 75.0 Å². The molecule has 0 spiro atoms. The average molecular weight is 693 g/mol. The van der Waals surface area contributed by atoms with Crippen LogP contribution in [0.1, 0.15) is 49.7 Å². The van der Waals surface area contributed by atoms with Crippen LogP contribution in [0.5, 0.6) is 0 Å². The highest BCUT2D eigenvalue weighted by Crippen LogP contribution is 2.30. The van der Waals surface area contributed by atoms with E-state index in [-0.39, 0.29) is 31.8 Å². The number of para-hydroxylation sites is 1. The summed E-state index contributed by atoms with van der Waals surface area (Å²) in [5.74, 6) is -3.76. The number of guanidine groups is 1. The fourth-order valence-electron chi connectivity index (χ4n) is 6.03. The van der Waals surface area contributed by atoms with Gasteiger partial charge in [0.05, 0.1) is 12.6 Å². The lowest BCUT2D eigenvalue weighted by atomic mass is 9.94. The summed E-state index contributed by atoms with van der Waals surface area (Å²) in [5, 5.41) is 11.5. The monoisotopic (exact) mass is 692 g/mol. The van der Waals surface area contributed by atoms with Crippen molar-refractivity contribution in [1.29, 1.82) is 0 Å². The van der Waals surface area contributed by atoms with E-state index in [2.05, 4.69) is 31.2 Å². The van der Waals surface area contributed by atoms with Crippen LogP contribution in [0.25, 0.3) is 10.9 Å². The maximum absolute atomic E-state index is 13.8. The number of carbonyl (C=O) groups excluding carboxylic acids is 5. The minimum atomic E-state index is -1.32. The molecule has 0 unspecified atom stereocenters. The molecule has 3 aromatic rings.